The van der Waals surface area contributed by atoms with Gasteiger partial charge in [-0.15, -0.1) is 0 Å². The van der Waals surface area contributed by atoms with E-state index in [-0.39, 0.29) is 25.3 Å². The zero-order valence-corrected chi connectivity index (χ0v) is 14.8. The molecule has 1 saturated heterocycles. The Morgan fingerprint density at radius 2 is 2.12 bits per heavy atom. The lowest BCUT2D eigenvalue weighted by Gasteiger charge is -2.26. The summed E-state index contributed by atoms with van der Waals surface area (Å²) in [6, 6.07) is 4.60. The van der Waals surface area contributed by atoms with Gasteiger partial charge in [0.2, 0.25) is 11.8 Å². The Morgan fingerprint density at radius 1 is 1.42 bits per heavy atom. The van der Waals surface area contributed by atoms with Crippen LogP contribution in [0.1, 0.15) is 31.7 Å². The Kier molecular flexibility index (Phi) is 6.68. The van der Waals surface area contributed by atoms with E-state index in [0.717, 1.165) is 0 Å². The molecular weight excluding hydrogens is 343 g/mol. The molecule has 1 fully saturated rings. The lowest BCUT2D eigenvalue weighted by atomic mass is 10.1. The lowest BCUT2D eigenvalue weighted by molar-refractivity contribution is -0.145. The summed E-state index contributed by atoms with van der Waals surface area (Å²) in [5.41, 5.74) is 0.379. The van der Waals surface area contributed by atoms with Crippen LogP contribution in [-0.4, -0.2) is 53.1 Å². The summed E-state index contributed by atoms with van der Waals surface area (Å²) < 4.78 is 18.8. The summed E-state index contributed by atoms with van der Waals surface area (Å²) in [5, 5.41) is 11.6. The van der Waals surface area contributed by atoms with Crippen LogP contribution in [0.3, 0.4) is 0 Å². The summed E-state index contributed by atoms with van der Waals surface area (Å²) in [6.45, 7) is 1.63. The number of likely N-dealkylation sites (tertiary alicyclic amines) is 1. The van der Waals surface area contributed by atoms with Crippen LogP contribution in [0, 0.1) is 5.82 Å². The molecule has 26 heavy (non-hydrogen) atoms. The first-order valence-corrected chi connectivity index (χ1v) is 8.41. The van der Waals surface area contributed by atoms with Gasteiger partial charge in [-0.3, -0.25) is 9.59 Å². The molecule has 0 aromatic heterocycles. The van der Waals surface area contributed by atoms with Crippen molar-refractivity contribution in [2.45, 2.75) is 50.9 Å². The van der Waals surface area contributed by atoms with E-state index < -0.39 is 35.9 Å². The first kappa shape index (κ1) is 19.8. The van der Waals surface area contributed by atoms with E-state index in [4.69, 9.17) is 4.74 Å². The highest BCUT2D eigenvalue weighted by atomic mass is 19.1. The molecule has 0 unspecified atom stereocenters. The predicted octanol–water partition coefficient (Wildman–Crippen LogP) is 1.31. The SMILES string of the molecule is CO[C@H](C)[C@H](NC(=O)C[C@@H]1CCC(=O)N1Cc1ccccc1F)C(=O)O. The summed E-state index contributed by atoms with van der Waals surface area (Å²) in [4.78, 5) is 37.1. The highest BCUT2D eigenvalue weighted by Gasteiger charge is 2.34. The minimum atomic E-state index is -1.20. The zero-order valence-electron chi connectivity index (χ0n) is 14.8. The van der Waals surface area contributed by atoms with Crippen molar-refractivity contribution in [2.24, 2.45) is 0 Å². The van der Waals surface area contributed by atoms with Crippen molar-refractivity contribution in [1.82, 2.24) is 10.2 Å². The van der Waals surface area contributed by atoms with E-state index in [9.17, 15) is 23.9 Å². The molecule has 1 aromatic rings. The van der Waals surface area contributed by atoms with Crippen molar-refractivity contribution in [3.63, 3.8) is 0 Å². The molecule has 1 heterocycles. The van der Waals surface area contributed by atoms with Crippen molar-refractivity contribution in [3.8, 4) is 0 Å². The summed E-state index contributed by atoms with van der Waals surface area (Å²) in [5.74, 6) is -2.24. The smallest absolute Gasteiger partial charge is 0.328 e. The van der Waals surface area contributed by atoms with Crippen LogP contribution in [-0.2, 0) is 25.7 Å². The third-order valence-corrected chi connectivity index (χ3v) is 4.60. The van der Waals surface area contributed by atoms with Gasteiger partial charge in [0.15, 0.2) is 6.04 Å². The topological polar surface area (TPSA) is 95.9 Å². The molecule has 2 rings (SSSR count). The van der Waals surface area contributed by atoms with Gasteiger partial charge in [-0.2, -0.15) is 0 Å². The Bertz CT molecular complexity index is 681. The van der Waals surface area contributed by atoms with Gasteiger partial charge in [0, 0.05) is 38.1 Å². The molecule has 7 nitrogen and oxygen atoms in total. The van der Waals surface area contributed by atoms with E-state index >= 15 is 0 Å². The number of methoxy groups -OCH3 is 1. The van der Waals surface area contributed by atoms with E-state index in [0.29, 0.717) is 12.0 Å². The highest BCUT2D eigenvalue weighted by molar-refractivity contribution is 5.85. The number of carboxylic acid groups (broad SMARTS) is 1. The number of benzene rings is 1. The molecule has 0 spiro atoms. The summed E-state index contributed by atoms with van der Waals surface area (Å²) in [6.07, 6.45) is 0.0122. The predicted molar refractivity (Wildman–Crippen MR) is 90.6 cm³/mol. The van der Waals surface area contributed by atoms with E-state index in [1.807, 2.05) is 0 Å². The van der Waals surface area contributed by atoms with Gasteiger partial charge in [0.05, 0.1) is 6.10 Å². The molecule has 1 aliphatic heterocycles. The molecule has 0 bridgehead atoms. The standard InChI is InChI=1S/C18H23FN2O5/c1-11(26-2)17(18(24)25)20-15(22)9-13-7-8-16(23)21(13)10-12-5-3-4-6-14(12)19/h3-6,11,13,17H,7-10H2,1-2H3,(H,20,22)(H,24,25)/t11-,13+,17+/m1/s1. The van der Waals surface area contributed by atoms with Gasteiger partial charge in [-0.1, -0.05) is 18.2 Å². The molecule has 1 aromatic carbocycles. The molecule has 0 saturated carbocycles. The van der Waals surface area contributed by atoms with Crippen LogP contribution >= 0.6 is 0 Å². The lowest BCUT2D eigenvalue weighted by Crippen LogP contribution is -2.49. The first-order chi connectivity index (χ1) is 12.3. The van der Waals surface area contributed by atoms with Crippen molar-refractivity contribution < 1.29 is 28.6 Å². The monoisotopic (exact) mass is 366 g/mol. The fraction of sp³-hybridized carbons (Fsp3) is 0.500. The number of amides is 2. The fourth-order valence-electron chi connectivity index (χ4n) is 3.00. The van der Waals surface area contributed by atoms with Crippen LogP contribution < -0.4 is 5.32 Å². The molecular formula is C18H23FN2O5. The van der Waals surface area contributed by atoms with Crippen molar-refractivity contribution >= 4 is 17.8 Å². The maximum atomic E-state index is 13.9. The molecule has 1 aliphatic rings. The minimum Gasteiger partial charge on any atom is -0.480 e. The van der Waals surface area contributed by atoms with Crippen LogP contribution in [0.2, 0.25) is 0 Å². The van der Waals surface area contributed by atoms with Gasteiger partial charge in [-0.05, 0) is 19.4 Å². The third kappa shape index (κ3) is 4.78. The molecule has 0 radical (unpaired) electrons. The van der Waals surface area contributed by atoms with Crippen molar-refractivity contribution in [2.75, 3.05) is 7.11 Å². The number of nitrogens with one attached hydrogen (secondary N) is 1. The molecule has 0 aliphatic carbocycles. The highest BCUT2D eigenvalue weighted by Crippen LogP contribution is 2.24. The number of halogens is 1. The number of aliphatic carboxylic acids is 1. The number of carboxylic acids is 1. The third-order valence-electron chi connectivity index (χ3n) is 4.60. The number of carbonyl (C=O) groups excluding carboxylic acids is 2. The number of rotatable bonds is 8. The van der Waals surface area contributed by atoms with Crippen molar-refractivity contribution in [1.29, 1.82) is 0 Å². The van der Waals surface area contributed by atoms with E-state index in [2.05, 4.69) is 5.32 Å². The number of hydrogen-bond donors (Lipinski definition) is 2. The average Bonchev–Trinajstić information content (AvgIpc) is 2.94. The Labute approximate surface area is 151 Å². The number of ether oxygens (including phenoxy) is 1. The second kappa shape index (κ2) is 8.75. The van der Waals surface area contributed by atoms with Crippen molar-refractivity contribution in [3.05, 3.63) is 35.6 Å². The van der Waals surface area contributed by atoms with Crippen LogP contribution in [0.15, 0.2) is 24.3 Å². The Morgan fingerprint density at radius 3 is 2.73 bits per heavy atom. The van der Waals surface area contributed by atoms with Gasteiger partial charge in [0.25, 0.3) is 0 Å². The molecule has 142 valence electrons. The Balaban J connectivity index is 2.02. The maximum Gasteiger partial charge on any atom is 0.328 e. The van der Waals surface area contributed by atoms with Gasteiger partial charge in [-0.25, -0.2) is 9.18 Å². The molecule has 8 heteroatoms. The van der Waals surface area contributed by atoms with Gasteiger partial charge >= 0.3 is 5.97 Å². The largest absolute Gasteiger partial charge is 0.480 e. The molecule has 2 N–H and O–H groups in total. The fourth-order valence-corrected chi connectivity index (χ4v) is 3.00. The maximum absolute atomic E-state index is 13.9. The number of carbonyl (C=O) groups is 3. The van der Waals surface area contributed by atoms with Gasteiger partial charge < -0.3 is 20.1 Å². The van der Waals surface area contributed by atoms with E-state index in [1.165, 1.54) is 18.1 Å². The van der Waals surface area contributed by atoms with Crippen LogP contribution in [0.5, 0.6) is 0 Å². The second-order valence-electron chi connectivity index (χ2n) is 6.33. The Hall–Kier alpha value is -2.48. The summed E-state index contributed by atoms with van der Waals surface area (Å²) >= 11 is 0. The zero-order chi connectivity index (χ0) is 19.3. The minimum absolute atomic E-state index is 0.0413. The van der Waals surface area contributed by atoms with Crippen LogP contribution in [0.25, 0.3) is 0 Å². The van der Waals surface area contributed by atoms with E-state index in [1.54, 1.807) is 25.1 Å². The normalized spacial score (nSPS) is 19.3. The molecule has 3 atom stereocenters. The number of nitrogens with zero attached hydrogens (tertiary/aromatic N) is 1. The number of hydrogen-bond acceptors (Lipinski definition) is 4. The second-order valence-corrected chi connectivity index (χ2v) is 6.33. The molecule has 2 amide bonds. The summed E-state index contributed by atoms with van der Waals surface area (Å²) in [7, 11) is 1.36. The van der Waals surface area contributed by atoms with Crippen LogP contribution in [0.4, 0.5) is 4.39 Å². The first-order valence-electron chi connectivity index (χ1n) is 8.41. The average molecular weight is 366 g/mol. The quantitative estimate of drug-likeness (QED) is 0.723. The van der Waals surface area contributed by atoms with Gasteiger partial charge in [0.1, 0.15) is 5.82 Å².